The molecule has 2 aromatic carbocycles. The second-order valence-electron chi connectivity index (χ2n) is 6.13. The lowest BCUT2D eigenvalue weighted by Gasteiger charge is -2.14. The molecule has 0 saturated carbocycles. The number of nitrogens with zero attached hydrogens (tertiary/aromatic N) is 1. The number of benzene rings is 2. The van der Waals surface area contributed by atoms with Crippen molar-refractivity contribution in [2.75, 3.05) is 20.6 Å². The SMILES string of the molecule is CN(C)CCc1c[nH]c2cccc(OP(O)OCc3ccccc3)c12. The molecule has 5 nitrogen and oxygen atoms in total. The van der Waals surface area contributed by atoms with Crippen molar-refractivity contribution in [1.82, 2.24) is 9.88 Å². The van der Waals surface area contributed by atoms with Gasteiger partial charge in [0.05, 0.1) is 6.61 Å². The minimum absolute atomic E-state index is 0.319. The van der Waals surface area contributed by atoms with Gasteiger partial charge in [-0.05, 0) is 43.8 Å². The molecule has 2 N–H and O–H groups in total. The predicted octanol–water partition coefficient (Wildman–Crippen LogP) is 4.09. The highest BCUT2D eigenvalue weighted by Crippen LogP contribution is 2.40. The van der Waals surface area contributed by atoms with Crippen molar-refractivity contribution in [2.24, 2.45) is 0 Å². The van der Waals surface area contributed by atoms with Gasteiger partial charge in [-0.1, -0.05) is 36.4 Å². The van der Waals surface area contributed by atoms with Crippen molar-refractivity contribution in [1.29, 1.82) is 0 Å². The normalized spacial score (nSPS) is 12.6. The predicted molar refractivity (Wildman–Crippen MR) is 102 cm³/mol. The molecular formula is C19H23N2O3P. The van der Waals surface area contributed by atoms with Crippen LogP contribution >= 0.6 is 8.60 Å². The molecule has 132 valence electrons. The van der Waals surface area contributed by atoms with Crippen LogP contribution in [-0.2, 0) is 17.6 Å². The van der Waals surface area contributed by atoms with Gasteiger partial charge in [-0.25, -0.2) is 0 Å². The van der Waals surface area contributed by atoms with E-state index in [0.717, 1.165) is 29.4 Å². The van der Waals surface area contributed by atoms with E-state index in [-0.39, 0.29) is 0 Å². The Hall–Kier alpha value is -1.91. The fourth-order valence-corrected chi connectivity index (χ4v) is 3.28. The van der Waals surface area contributed by atoms with E-state index >= 15 is 0 Å². The van der Waals surface area contributed by atoms with E-state index in [0.29, 0.717) is 12.4 Å². The molecule has 0 saturated heterocycles. The zero-order valence-corrected chi connectivity index (χ0v) is 15.4. The summed E-state index contributed by atoms with van der Waals surface area (Å²) in [7, 11) is 2.11. The summed E-state index contributed by atoms with van der Waals surface area (Å²) in [6.07, 6.45) is 2.91. The summed E-state index contributed by atoms with van der Waals surface area (Å²) in [6, 6.07) is 15.5. The largest absolute Gasteiger partial charge is 0.426 e. The molecule has 1 unspecified atom stereocenters. The van der Waals surface area contributed by atoms with Gasteiger partial charge in [-0.2, -0.15) is 0 Å². The third-order valence-corrected chi connectivity index (χ3v) is 4.64. The van der Waals surface area contributed by atoms with Crippen LogP contribution in [0.3, 0.4) is 0 Å². The van der Waals surface area contributed by atoms with Crippen LogP contribution in [0.15, 0.2) is 54.7 Å². The monoisotopic (exact) mass is 358 g/mol. The Kier molecular flexibility index (Phi) is 6.05. The summed E-state index contributed by atoms with van der Waals surface area (Å²) in [5.74, 6) is 0.647. The second-order valence-corrected chi connectivity index (χ2v) is 7.05. The number of hydrogen-bond acceptors (Lipinski definition) is 4. The van der Waals surface area contributed by atoms with Gasteiger partial charge in [0.1, 0.15) is 5.75 Å². The first-order chi connectivity index (χ1) is 12.1. The van der Waals surface area contributed by atoms with Crippen molar-refractivity contribution in [2.45, 2.75) is 13.0 Å². The van der Waals surface area contributed by atoms with Gasteiger partial charge in [0.2, 0.25) is 0 Å². The van der Waals surface area contributed by atoms with Gasteiger partial charge in [0.25, 0.3) is 0 Å². The van der Waals surface area contributed by atoms with E-state index in [4.69, 9.17) is 9.05 Å². The van der Waals surface area contributed by atoms with Gasteiger partial charge in [0.15, 0.2) is 0 Å². The van der Waals surface area contributed by atoms with Crippen LogP contribution in [0.25, 0.3) is 10.9 Å². The molecule has 0 fully saturated rings. The van der Waals surface area contributed by atoms with Crippen LogP contribution in [0.4, 0.5) is 0 Å². The number of nitrogens with one attached hydrogen (secondary N) is 1. The van der Waals surface area contributed by atoms with E-state index in [9.17, 15) is 4.89 Å². The first-order valence-corrected chi connectivity index (χ1v) is 9.34. The summed E-state index contributed by atoms with van der Waals surface area (Å²) in [5.41, 5.74) is 3.17. The second kappa shape index (κ2) is 8.45. The van der Waals surface area contributed by atoms with Crippen molar-refractivity contribution in [3.8, 4) is 5.75 Å². The summed E-state index contributed by atoms with van der Waals surface area (Å²) < 4.78 is 11.2. The Morgan fingerprint density at radius 3 is 2.64 bits per heavy atom. The molecule has 3 rings (SSSR count). The lowest BCUT2D eigenvalue weighted by atomic mass is 10.1. The molecule has 0 amide bonds. The molecule has 0 radical (unpaired) electrons. The Morgan fingerprint density at radius 2 is 1.88 bits per heavy atom. The molecule has 0 bridgehead atoms. The number of H-pyrrole nitrogens is 1. The van der Waals surface area contributed by atoms with Crippen LogP contribution in [0.1, 0.15) is 11.1 Å². The maximum atomic E-state index is 10.2. The smallest absolute Gasteiger partial charge is 0.394 e. The van der Waals surface area contributed by atoms with Crippen molar-refractivity contribution >= 4 is 19.5 Å². The highest BCUT2D eigenvalue weighted by molar-refractivity contribution is 7.41. The Balaban J connectivity index is 1.70. The van der Waals surface area contributed by atoms with Gasteiger partial charge in [0, 0.05) is 23.6 Å². The zero-order chi connectivity index (χ0) is 17.6. The minimum Gasteiger partial charge on any atom is -0.426 e. The maximum absolute atomic E-state index is 10.2. The van der Waals surface area contributed by atoms with Crippen molar-refractivity contribution in [3.63, 3.8) is 0 Å². The summed E-state index contributed by atoms with van der Waals surface area (Å²) in [4.78, 5) is 15.6. The Bertz CT molecular complexity index is 805. The minimum atomic E-state index is -1.99. The van der Waals surface area contributed by atoms with Crippen LogP contribution in [0.2, 0.25) is 0 Å². The molecule has 6 heteroatoms. The van der Waals surface area contributed by atoms with E-state index in [1.807, 2.05) is 54.7 Å². The maximum Gasteiger partial charge on any atom is 0.394 e. The molecule has 25 heavy (non-hydrogen) atoms. The summed E-state index contributed by atoms with van der Waals surface area (Å²) in [5, 5.41) is 1.01. The molecule has 1 aromatic heterocycles. The van der Waals surface area contributed by atoms with Gasteiger partial charge >= 0.3 is 8.60 Å². The van der Waals surface area contributed by atoms with E-state index < -0.39 is 8.60 Å². The lowest BCUT2D eigenvalue weighted by molar-refractivity contribution is 0.252. The van der Waals surface area contributed by atoms with Gasteiger partial charge < -0.3 is 19.3 Å². The fourth-order valence-electron chi connectivity index (χ4n) is 2.65. The number of aromatic nitrogens is 1. The number of aromatic amines is 1. The third kappa shape index (κ3) is 4.80. The number of fused-ring (bicyclic) bond motifs is 1. The highest BCUT2D eigenvalue weighted by atomic mass is 31.2. The van der Waals surface area contributed by atoms with Crippen molar-refractivity contribution < 1.29 is 13.9 Å². The average molecular weight is 358 g/mol. The van der Waals surface area contributed by atoms with Crippen LogP contribution < -0.4 is 4.52 Å². The molecule has 1 heterocycles. The quantitative estimate of drug-likeness (QED) is 0.596. The Labute approximate surface area is 149 Å². The first kappa shape index (κ1) is 17.9. The molecule has 0 aliphatic carbocycles. The van der Waals surface area contributed by atoms with E-state index in [2.05, 4.69) is 24.0 Å². The summed E-state index contributed by atoms with van der Waals surface area (Å²) in [6.45, 7) is 1.26. The number of likely N-dealkylation sites (N-methyl/N-ethyl adjacent to an activating group) is 1. The first-order valence-electron chi connectivity index (χ1n) is 8.21. The van der Waals surface area contributed by atoms with Gasteiger partial charge in [-0.15, -0.1) is 0 Å². The lowest BCUT2D eigenvalue weighted by Crippen LogP contribution is -2.14. The molecule has 0 spiro atoms. The third-order valence-electron chi connectivity index (χ3n) is 3.94. The van der Waals surface area contributed by atoms with Crippen molar-refractivity contribution in [3.05, 3.63) is 65.9 Å². The fraction of sp³-hybridized carbons (Fsp3) is 0.263. The highest BCUT2D eigenvalue weighted by Gasteiger charge is 2.15. The number of rotatable bonds is 8. The van der Waals surface area contributed by atoms with Crippen LogP contribution in [0, 0.1) is 0 Å². The molecule has 1 atom stereocenters. The van der Waals surface area contributed by atoms with E-state index in [1.54, 1.807) is 0 Å². The van der Waals surface area contributed by atoms with Crippen LogP contribution in [0.5, 0.6) is 5.75 Å². The summed E-state index contributed by atoms with van der Waals surface area (Å²) >= 11 is 0. The Morgan fingerprint density at radius 1 is 1.08 bits per heavy atom. The standard InChI is InChI=1S/C19H23N2O3P/c1-21(2)12-11-16-13-20-17-9-6-10-18(19(16)17)24-25(22)23-14-15-7-4-3-5-8-15/h3-10,13,20,22H,11-12,14H2,1-2H3. The molecule has 0 aliphatic heterocycles. The number of hydrogen-bond donors (Lipinski definition) is 2. The zero-order valence-electron chi connectivity index (χ0n) is 14.5. The van der Waals surface area contributed by atoms with Gasteiger partial charge in [-0.3, -0.25) is 4.52 Å². The molecular weight excluding hydrogens is 335 g/mol. The molecule has 0 aliphatic rings. The topological polar surface area (TPSA) is 57.7 Å². The van der Waals surface area contributed by atoms with E-state index in [1.165, 1.54) is 5.56 Å². The van der Waals surface area contributed by atoms with Crippen LogP contribution in [-0.4, -0.2) is 35.4 Å². The average Bonchev–Trinajstić information content (AvgIpc) is 3.03. The molecule has 3 aromatic rings.